The molecule has 2 aromatic carbocycles. The van der Waals surface area contributed by atoms with Gasteiger partial charge in [0.1, 0.15) is 11.8 Å². The Morgan fingerprint density at radius 1 is 1.10 bits per heavy atom. The van der Waals surface area contributed by atoms with Crippen LogP contribution in [0.2, 0.25) is 0 Å². The maximum atomic E-state index is 13.2. The number of hydrogen-bond acceptors (Lipinski definition) is 6. The fourth-order valence-corrected chi connectivity index (χ4v) is 5.66. The van der Waals surface area contributed by atoms with Crippen molar-refractivity contribution in [1.82, 2.24) is 4.98 Å². The second kappa shape index (κ2) is 7.76. The van der Waals surface area contributed by atoms with Gasteiger partial charge in [-0.05, 0) is 35.6 Å². The summed E-state index contributed by atoms with van der Waals surface area (Å²) in [5, 5.41) is 13.4. The van der Waals surface area contributed by atoms with Gasteiger partial charge in [0.05, 0.1) is 15.8 Å². The lowest BCUT2D eigenvalue weighted by molar-refractivity contribution is -0.132. The van der Waals surface area contributed by atoms with E-state index in [0.717, 1.165) is 21.5 Å². The van der Waals surface area contributed by atoms with Crippen LogP contribution in [-0.2, 0) is 16.0 Å². The van der Waals surface area contributed by atoms with Crippen molar-refractivity contribution in [2.45, 2.75) is 19.4 Å². The van der Waals surface area contributed by atoms with E-state index >= 15 is 0 Å². The Balaban J connectivity index is 1.70. The molecule has 31 heavy (non-hydrogen) atoms. The highest BCUT2D eigenvalue weighted by Crippen LogP contribution is 2.45. The Morgan fingerprint density at radius 2 is 1.90 bits per heavy atom. The summed E-state index contributed by atoms with van der Waals surface area (Å²) in [5.41, 5.74) is 2.56. The minimum atomic E-state index is -0.716. The number of ketones is 1. The van der Waals surface area contributed by atoms with Gasteiger partial charge in [-0.25, -0.2) is 4.98 Å². The van der Waals surface area contributed by atoms with Gasteiger partial charge in [0.15, 0.2) is 5.13 Å². The Hall–Kier alpha value is -3.29. The molecule has 0 saturated carbocycles. The van der Waals surface area contributed by atoms with Gasteiger partial charge in [0, 0.05) is 10.4 Å². The number of Topliss-reactive ketones (excluding diaryl/α,β-unsaturated/α-hetero) is 1. The standard InChI is InChI=1S/C24H18N2O3S2/c1-2-14-10-11-16-18(13-14)31-24(25-16)26-20(17-9-6-12-30-17)19(22(28)23(26)29)21(27)15-7-4-3-5-8-15/h3-13,20,27H,2H2,1H3. The molecule has 0 radical (unpaired) electrons. The van der Waals surface area contributed by atoms with Gasteiger partial charge in [0.2, 0.25) is 0 Å². The van der Waals surface area contributed by atoms with E-state index in [0.29, 0.717) is 10.7 Å². The van der Waals surface area contributed by atoms with Gasteiger partial charge in [-0.2, -0.15) is 0 Å². The summed E-state index contributed by atoms with van der Waals surface area (Å²) < 4.78 is 0.962. The van der Waals surface area contributed by atoms with Crippen molar-refractivity contribution in [2.75, 3.05) is 4.90 Å². The van der Waals surface area contributed by atoms with Crippen LogP contribution in [0.15, 0.2) is 71.6 Å². The lowest BCUT2D eigenvalue weighted by Crippen LogP contribution is -2.28. The van der Waals surface area contributed by atoms with E-state index in [-0.39, 0.29) is 11.3 Å². The van der Waals surface area contributed by atoms with Crippen LogP contribution >= 0.6 is 22.7 Å². The number of thiazole rings is 1. The Bertz CT molecular complexity index is 1320. The number of rotatable bonds is 4. The number of thiophene rings is 1. The monoisotopic (exact) mass is 446 g/mol. The summed E-state index contributed by atoms with van der Waals surface area (Å²) in [4.78, 5) is 33.1. The molecule has 154 valence electrons. The van der Waals surface area contributed by atoms with Crippen molar-refractivity contribution in [3.05, 3.63) is 87.6 Å². The smallest absolute Gasteiger partial charge is 0.301 e. The maximum absolute atomic E-state index is 13.2. The van der Waals surface area contributed by atoms with Crippen LogP contribution in [-0.4, -0.2) is 21.8 Å². The van der Waals surface area contributed by atoms with E-state index < -0.39 is 17.7 Å². The first-order valence-electron chi connectivity index (χ1n) is 9.87. The molecule has 1 saturated heterocycles. The molecule has 2 aromatic heterocycles. The van der Waals surface area contributed by atoms with E-state index in [1.54, 1.807) is 24.3 Å². The highest BCUT2D eigenvalue weighted by molar-refractivity contribution is 7.22. The van der Waals surface area contributed by atoms with Crippen LogP contribution in [0.4, 0.5) is 5.13 Å². The normalized spacial score (nSPS) is 18.2. The summed E-state index contributed by atoms with van der Waals surface area (Å²) in [5.74, 6) is -1.55. The van der Waals surface area contributed by atoms with Crippen molar-refractivity contribution in [3.8, 4) is 0 Å². The Morgan fingerprint density at radius 3 is 2.61 bits per heavy atom. The summed E-state index contributed by atoms with van der Waals surface area (Å²) in [7, 11) is 0. The highest BCUT2D eigenvalue weighted by Gasteiger charge is 2.48. The van der Waals surface area contributed by atoms with Crippen LogP contribution in [0, 0.1) is 0 Å². The molecule has 1 fully saturated rings. The summed E-state index contributed by atoms with van der Waals surface area (Å²) in [6, 6.07) is 17.9. The van der Waals surface area contributed by atoms with Crippen molar-refractivity contribution in [2.24, 2.45) is 0 Å². The molecule has 0 aliphatic carbocycles. The molecule has 1 atom stereocenters. The SMILES string of the molecule is CCc1ccc2nc(N3C(=O)C(=O)C(=C(O)c4ccccc4)C3c3cccs3)sc2c1. The number of aromatic nitrogens is 1. The number of carbonyl (C=O) groups excluding carboxylic acids is 2. The maximum Gasteiger partial charge on any atom is 0.301 e. The molecule has 1 amide bonds. The van der Waals surface area contributed by atoms with Crippen LogP contribution in [0.1, 0.15) is 29.0 Å². The number of hydrogen-bond donors (Lipinski definition) is 1. The van der Waals surface area contributed by atoms with Gasteiger partial charge in [-0.3, -0.25) is 14.5 Å². The molecule has 1 N–H and O–H groups in total. The van der Waals surface area contributed by atoms with Crippen molar-refractivity contribution in [1.29, 1.82) is 0 Å². The topological polar surface area (TPSA) is 70.5 Å². The minimum absolute atomic E-state index is 0.0900. The molecule has 0 spiro atoms. The molecule has 0 bridgehead atoms. The number of aryl methyl sites for hydroxylation is 1. The van der Waals surface area contributed by atoms with Gasteiger partial charge in [-0.15, -0.1) is 11.3 Å². The molecule has 5 nitrogen and oxygen atoms in total. The van der Waals surface area contributed by atoms with Crippen molar-refractivity contribution < 1.29 is 14.7 Å². The van der Waals surface area contributed by atoms with Crippen LogP contribution in [0.25, 0.3) is 16.0 Å². The highest BCUT2D eigenvalue weighted by atomic mass is 32.1. The van der Waals surface area contributed by atoms with E-state index in [9.17, 15) is 14.7 Å². The van der Waals surface area contributed by atoms with Gasteiger partial charge in [0.25, 0.3) is 5.78 Å². The molecule has 1 aliphatic rings. The van der Waals surface area contributed by atoms with E-state index in [1.807, 2.05) is 35.7 Å². The zero-order chi connectivity index (χ0) is 21.5. The number of benzene rings is 2. The van der Waals surface area contributed by atoms with E-state index in [2.05, 4.69) is 18.0 Å². The zero-order valence-electron chi connectivity index (χ0n) is 16.6. The average Bonchev–Trinajstić information content (AvgIpc) is 3.52. The molecular weight excluding hydrogens is 428 g/mol. The molecule has 7 heteroatoms. The summed E-state index contributed by atoms with van der Waals surface area (Å²) in [6.45, 7) is 2.09. The number of carbonyl (C=O) groups is 2. The van der Waals surface area contributed by atoms with E-state index in [4.69, 9.17) is 0 Å². The molecule has 1 unspecified atom stereocenters. The summed E-state index contributed by atoms with van der Waals surface area (Å²) in [6.07, 6.45) is 0.903. The van der Waals surface area contributed by atoms with Crippen LogP contribution in [0.5, 0.6) is 0 Å². The number of nitrogens with zero attached hydrogens (tertiary/aromatic N) is 2. The first kappa shape index (κ1) is 19.7. The second-order valence-corrected chi connectivity index (χ2v) is 9.19. The number of aliphatic hydroxyl groups is 1. The lowest BCUT2D eigenvalue weighted by Gasteiger charge is -2.21. The molecule has 1 aliphatic heterocycles. The first-order chi connectivity index (χ1) is 15.1. The third kappa shape index (κ3) is 3.26. The molecule has 4 aromatic rings. The average molecular weight is 447 g/mol. The van der Waals surface area contributed by atoms with E-state index in [1.165, 1.54) is 33.1 Å². The molecule has 5 rings (SSSR count). The quantitative estimate of drug-likeness (QED) is 0.254. The predicted octanol–water partition coefficient (Wildman–Crippen LogP) is 5.55. The third-order valence-electron chi connectivity index (χ3n) is 5.36. The fraction of sp³-hybridized carbons (Fsp3) is 0.125. The zero-order valence-corrected chi connectivity index (χ0v) is 18.2. The minimum Gasteiger partial charge on any atom is -0.507 e. The number of amides is 1. The Kier molecular flexibility index (Phi) is 4.92. The largest absolute Gasteiger partial charge is 0.507 e. The van der Waals surface area contributed by atoms with Gasteiger partial charge < -0.3 is 5.11 Å². The Labute approximate surface area is 186 Å². The molecule has 3 heterocycles. The van der Waals surface area contributed by atoms with Crippen molar-refractivity contribution in [3.63, 3.8) is 0 Å². The third-order valence-corrected chi connectivity index (χ3v) is 7.30. The lowest BCUT2D eigenvalue weighted by atomic mass is 10.00. The van der Waals surface area contributed by atoms with Crippen LogP contribution in [0.3, 0.4) is 0 Å². The van der Waals surface area contributed by atoms with Gasteiger partial charge in [-0.1, -0.05) is 60.7 Å². The second-order valence-electron chi connectivity index (χ2n) is 7.20. The number of fused-ring (bicyclic) bond motifs is 1. The summed E-state index contributed by atoms with van der Waals surface area (Å²) >= 11 is 2.82. The van der Waals surface area contributed by atoms with Gasteiger partial charge >= 0.3 is 5.91 Å². The number of aliphatic hydroxyl groups excluding tert-OH is 1. The van der Waals surface area contributed by atoms with Crippen LogP contribution < -0.4 is 4.90 Å². The van der Waals surface area contributed by atoms with Crippen molar-refractivity contribution >= 4 is 55.5 Å². The first-order valence-corrected chi connectivity index (χ1v) is 11.6. The number of anilines is 1. The predicted molar refractivity (Wildman–Crippen MR) is 125 cm³/mol. The fourth-order valence-electron chi connectivity index (χ4n) is 3.78. The molecular formula is C24H18N2O3S2.